The van der Waals surface area contributed by atoms with Crippen molar-refractivity contribution in [3.05, 3.63) is 24.0 Å². The summed E-state index contributed by atoms with van der Waals surface area (Å²) in [5.74, 6) is 0.250. The highest BCUT2D eigenvalue weighted by Gasteiger charge is 2.17. The minimum Gasteiger partial charge on any atom is -0.365 e. The van der Waals surface area contributed by atoms with Crippen LogP contribution in [0.4, 0.5) is 0 Å². The summed E-state index contributed by atoms with van der Waals surface area (Å²) in [6.07, 6.45) is 4.70. The zero-order valence-corrected chi connectivity index (χ0v) is 7.62. The van der Waals surface area contributed by atoms with Crippen LogP contribution in [0.1, 0.15) is 18.5 Å². The number of carbonyl (C=O) groups is 1. The molecule has 1 aromatic heterocycles. The van der Waals surface area contributed by atoms with Crippen molar-refractivity contribution in [2.75, 3.05) is 13.1 Å². The summed E-state index contributed by atoms with van der Waals surface area (Å²) in [7, 11) is 0. The molecule has 2 rings (SSSR count). The second kappa shape index (κ2) is 3.64. The van der Waals surface area contributed by atoms with Crippen molar-refractivity contribution < 1.29 is 4.79 Å². The maximum absolute atomic E-state index is 11.6. The highest BCUT2D eigenvalue weighted by Crippen LogP contribution is 2.09. The first kappa shape index (κ1) is 8.35. The third-order valence-electron chi connectivity index (χ3n) is 2.46. The van der Waals surface area contributed by atoms with Gasteiger partial charge in [0.25, 0.3) is 0 Å². The molecule has 0 radical (unpaired) electrons. The number of carbonyl (C=O) groups excluding carboxylic acids is 1. The van der Waals surface area contributed by atoms with Crippen LogP contribution in [0.25, 0.3) is 0 Å². The van der Waals surface area contributed by atoms with E-state index in [1.807, 2.05) is 23.2 Å². The predicted molar refractivity (Wildman–Crippen MR) is 50.3 cm³/mol. The van der Waals surface area contributed by atoms with Crippen molar-refractivity contribution in [2.24, 2.45) is 0 Å². The molecule has 3 heteroatoms. The number of hydrogen-bond acceptors (Lipinski definition) is 1. The third kappa shape index (κ3) is 1.91. The van der Waals surface area contributed by atoms with Crippen LogP contribution in [0.3, 0.4) is 0 Å². The number of aromatic nitrogens is 1. The highest BCUT2D eigenvalue weighted by atomic mass is 16.2. The number of hydrogen-bond donors (Lipinski definition) is 1. The normalized spacial score (nSPS) is 16.5. The molecule has 1 fully saturated rings. The van der Waals surface area contributed by atoms with Gasteiger partial charge in [0.15, 0.2) is 0 Å². The molecule has 1 aliphatic rings. The van der Waals surface area contributed by atoms with E-state index in [2.05, 4.69) is 4.98 Å². The first-order chi connectivity index (χ1) is 6.36. The molecule has 1 N–H and O–H groups in total. The van der Waals surface area contributed by atoms with Crippen molar-refractivity contribution in [1.82, 2.24) is 9.88 Å². The molecule has 0 bridgehead atoms. The molecule has 0 spiro atoms. The molecule has 1 amide bonds. The molecular formula is C10H14N2O. The van der Waals surface area contributed by atoms with Gasteiger partial charge in [0.2, 0.25) is 5.91 Å². The number of rotatable bonds is 2. The minimum absolute atomic E-state index is 0.250. The van der Waals surface area contributed by atoms with Crippen LogP contribution in [-0.4, -0.2) is 28.9 Å². The van der Waals surface area contributed by atoms with Crippen molar-refractivity contribution in [1.29, 1.82) is 0 Å². The van der Waals surface area contributed by atoms with Gasteiger partial charge in [0.1, 0.15) is 0 Å². The Balaban J connectivity index is 1.91. The lowest BCUT2D eigenvalue weighted by Crippen LogP contribution is -2.29. The van der Waals surface area contributed by atoms with Crippen LogP contribution in [0, 0.1) is 0 Å². The second-order valence-corrected chi connectivity index (χ2v) is 3.46. The average Bonchev–Trinajstić information content (AvgIpc) is 2.74. The van der Waals surface area contributed by atoms with Crippen molar-refractivity contribution in [3.63, 3.8) is 0 Å². The molecule has 0 aliphatic carbocycles. The Morgan fingerprint density at radius 3 is 2.85 bits per heavy atom. The van der Waals surface area contributed by atoms with Gasteiger partial charge in [-0.1, -0.05) is 0 Å². The van der Waals surface area contributed by atoms with Gasteiger partial charge in [-0.2, -0.15) is 0 Å². The van der Waals surface area contributed by atoms with E-state index in [0.717, 1.165) is 31.6 Å². The lowest BCUT2D eigenvalue weighted by molar-refractivity contribution is -0.129. The molecule has 1 aliphatic heterocycles. The molecule has 0 atom stereocenters. The molecule has 1 aromatic rings. The number of H-pyrrole nitrogens is 1. The predicted octanol–water partition coefficient (Wildman–Crippen LogP) is 1.18. The van der Waals surface area contributed by atoms with E-state index in [4.69, 9.17) is 0 Å². The van der Waals surface area contributed by atoms with E-state index in [0.29, 0.717) is 6.42 Å². The van der Waals surface area contributed by atoms with Gasteiger partial charge in [-0.3, -0.25) is 4.79 Å². The van der Waals surface area contributed by atoms with Crippen LogP contribution in [-0.2, 0) is 11.2 Å². The number of nitrogens with one attached hydrogen (secondary N) is 1. The Morgan fingerprint density at radius 1 is 1.46 bits per heavy atom. The summed E-state index contributed by atoms with van der Waals surface area (Å²) in [6.45, 7) is 1.89. The summed E-state index contributed by atoms with van der Waals surface area (Å²) < 4.78 is 0. The summed E-state index contributed by atoms with van der Waals surface area (Å²) >= 11 is 0. The number of nitrogens with zero attached hydrogens (tertiary/aromatic N) is 1. The van der Waals surface area contributed by atoms with E-state index in [1.54, 1.807) is 0 Å². The third-order valence-corrected chi connectivity index (χ3v) is 2.46. The molecular weight excluding hydrogens is 164 g/mol. The van der Waals surface area contributed by atoms with Gasteiger partial charge in [0, 0.05) is 25.0 Å². The Morgan fingerprint density at radius 2 is 2.23 bits per heavy atom. The van der Waals surface area contributed by atoms with E-state index in [1.165, 1.54) is 0 Å². The average molecular weight is 178 g/mol. The Labute approximate surface area is 77.7 Å². The Bertz CT molecular complexity index is 273. The first-order valence-electron chi connectivity index (χ1n) is 4.76. The topological polar surface area (TPSA) is 36.1 Å². The summed E-state index contributed by atoms with van der Waals surface area (Å²) in [4.78, 5) is 16.6. The largest absolute Gasteiger partial charge is 0.365 e. The fourth-order valence-electron chi connectivity index (χ4n) is 1.72. The van der Waals surface area contributed by atoms with Crippen molar-refractivity contribution >= 4 is 5.91 Å². The Kier molecular flexibility index (Phi) is 2.34. The van der Waals surface area contributed by atoms with Gasteiger partial charge in [-0.05, 0) is 25.0 Å². The van der Waals surface area contributed by atoms with Gasteiger partial charge in [-0.15, -0.1) is 0 Å². The van der Waals surface area contributed by atoms with Gasteiger partial charge < -0.3 is 9.88 Å². The summed E-state index contributed by atoms with van der Waals surface area (Å²) in [5, 5.41) is 0. The fraction of sp³-hybridized carbons (Fsp3) is 0.500. The molecule has 0 saturated carbocycles. The first-order valence-corrected chi connectivity index (χ1v) is 4.76. The number of aromatic amines is 1. The molecule has 1 saturated heterocycles. The van der Waals surface area contributed by atoms with Gasteiger partial charge in [-0.25, -0.2) is 0 Å². The second-order valence-electron chi connectivity index (χ2n) is 3.46. The fourth-order valence-corrected chi connectivity index (χ4v) is 1.72. The van der Waals surface area contributed by atoms with Gasteiger partial charge >= 0.3 is 0 Å². The molecule has 0 unspecified atom stereocenters. The van der Waals surface area contributed by atoms with Crippen molar-refractivity contribution in [3.8, 4) is 0 Å². The molecule has 13 heavy (non-hydrogen) atoms. The SMILES string of the molecule is O=C(Cc1ccc[nH]1)N1CCCC1. The summed E-state index contributed by atoms with van der Waals surface area (Å²) in [6, 6.07) is 3.88. The van der Waals surface area contributed by atoms with E-state index < -0.39 is 0 Å². The van der Waals surface area contributed by atoms with Crippen LogP contribution in [0.5, 0.6) is 0 Å². The molecule has 2 heterocycles. The highest BCUT2D eigenvalue weighted by molar-refractivity contribution is 5.78. The quantitative estimate of drug-likeness (QED) is 0.725. The number of amides is 1. The molecule has 3 nitrogen and oxygen atoms in total. The van der Waals surface area contributed by atoms with E-state index >= 15 is 0 Å². The van der Waals surface area contributed by atoms with Crippen LogP contribution < -0.4 is 0 Å². The zero-order chi connectivity index (χ0) is 9.10. The number of likely N-dealkylation sites (tertiary alicyclic amines) is 1. The standard InChI is InChI=1S/C10H14N2O/c13-10(12-6-1-2-7-12)8-9-4-3-5-11-9/h3-5,11H,1-2,6-8H2. The maximum atomic E-state index is 11.6. The maximum Gasteiger partial charge on any atom is 0.228 e. The monoisotopic (exact) mass is 178 g/mol. The summed E-state index contributed by atoms with van der Waals surface area (Å²) in [5.41, 5.74) is 1.01. The van der Waals surface area contributed by atoms with Crippen LogP contribution >= 0.6 is 0 Å². The minimum atomic E-state index is 0.250. The molecule has 0 aromatic carbocycles. The van der Waals surface area contributed by atoms with Crippen LogP contribution in [0.15, 0.2) is 18.3 Å². The van der Waals surface area contributed by atoms with Crippen molar-refractivity contribution in [2.45, 2.75) is 19.3 Å². The van der Waals surface area contributed by atoms with Gasteiger partial charge in [0.05, 0.1) is 6.42 Å². The lowest BCUT2D eigenvalue weighted by atomic mass is 10.3. The Hall–Kier alpha value is -1.25. The smallest absolute Gasteiger partial charge is 0.228 e. The zero-order valence-electron chi connectivity index (χ0n) is 7.62. The van der Waals surface area contributed by atoms with Crippen LogP contribution in [0.2, 0.25) is 0 Å². The molecule has 70 valence electrons. The lowest BCUT2D eigenvalue weighted by Gasteiger charge is -2.14. The van der Waals surface area contributed by atoms with E-state index in [9.17, 15) is 4.79 Å². The van der Waals surface area contributed by atoms with E-state index in [-0.39, 0.29) is 5.91 Å².